The fourth-order valence-electron chi connectivity index (χ4n) is 1.87. The molecule has 0 spiro atoms. The van der Waals surface area contributed by atoms with E-state index in [4.69, 9.17) is 0 Å². The van der Waals surface area contributed by atoms with Crippen molar-refractivity contribution >= 4 is 25.8 Å². The first-order valence-electron chi connectivity index (χ1n) is 5.25. The SMILES string of the molecule is O=S(=O)(Cc1ccc(Br)cc1)C1CCNC1. The summed E-state index contributed by atoms with van der Waals surface area (Å²) in [5.41, 5.74) is 0.857. The van der Waals surface area contributed by atoms with Gasteiger partial charge in [-0.05, 0) is 30.7 Å². The van der Waals surface area contributed by atoms with Gasteiger partial charge in [0.05, 0.1) is 11.0 Å². The van der Waals surface area contributed by atoms with Crippen LogP contribution in [0.1, 0.15) is 12.0 Å². The third-order valence-corrected chi connectivity index (χ3v) is 5.49. The molecule has 0 aromatic heterocycles. The van der Waals surface area contributed by atoms with E-state index in [1.807, 2.05) is 24.3 Å². The van der Waals surface area contributed by atoms with Crippen LogP contribution < -0.4 is 5.32 Å². The number of rotatable bonds is 3. The van der Waals surface area contributed by atoms with Crippen LogP contribution in [0.2, 0.25) is 0 Å². The molecule has 16 heavy (non-hydrogen) atoms. The summed E-state index contributed by atoms with van der Waals surface area (Å²) in [5, 5.41) is 2.87. The molecule has 1 atom stereocenters. The summed E-state index contributed by atoms with van der Waals surface area (Å²) in [6.45, 7) is 1.41. The third-order valence-electron chi connectivity index (χ3n) is 2.80. The van der Waals surface area contributed by atoms with Crippen LogP contribution in [0.4, 0.5) is 0 Å². The van der Waals surface area contributed by atoms with Crippen molar-refractivity contribution in [2.75, 3.05) is 13.1 Å². The molecule has 0 aliphatic carbocycles. The summed E-state index contributed by atoms with van der Waals surface area (Å²) in [7, 11) is -3.00. The molecular weight excluding hydrogens is 290 g/mol. The van der Waals surface area contributed by atoms with Crippen LogP contribution in [0.25, 0.3) is 0 Å². The second-order valence-electron chi connectivity index (χ2n) is 4.05. The molecule has 3 nitrogen and oxygen atoms in total. The van der Waals surface area contributed by atoms with Crippen molar-refractivity contribution < 1.29 is 8.42 Å². The average molecular weight is 304 g/mol. The highest BCUT2D eigenvalue weighted by molar-refractivity contribution is 9.10. The molecule has 0 radical (unpaired) electrons. The van der Waals surface area contributed by atoms with Crippen molar-refractivity contribution in [2.24, 2.45) is 0 Å². The van der Waals surface area contributed by atoms with Gasteiger partial charge in [0.2, 0.25) is 0 Å². The van der Waals surface area contributed by atoms with Crippen molar-refractivity contribution in [2.45, 2.75) is 17.4 Å². The first-order chi connectivity index (χ1) is 7.58. The summed E-state index contributed by atoms with van der Waals surface area (Å²) >= 11 is 3.33. The minimum Gasteiger partial charge on any atom is -0.315 e. The van der Waals surface area contributed by atoms with E-state index in [0.717, 1.165) is 23.0 Å². The predicted octanol–water partition coefficient (Wildman–Crippen LogP) is 1.73. The zero-order valence-electron chi connectivity index (χ0n) is 8.82. The second kappa shape index (κ2) is 4.85. The smallest absolute Gasteiger partial charge is 0.158 e. The Morgan fingerprint density at radius 2 is 2.00 bits per heavy atom. The highest BCUT2D eigenvalue weighted by atomic mass is 79.9. The number of hydrogen-bond acceptors (Lipinski definition) is 3. The molecule has 0 saturated carbocycles. The van der Waals surface area contributed by atoms with Gasteiger partial charge < -0.3 is 5.32 Å². The Morgan fingerprint density at radius 1 is 1.31 bits per heavy atom. The maximum atomic E-state index is 12.0. The lowest BCUT2D eigenvalue weighted by atomic mass is 10.2. The van der Waals surface area contributed by atoms with Crippen molar-refractivity contribution in [1.82, 2.24) is 5.32 Å². The van der Waals surface area contributed by atoms with Gasteiger partial charge in [0.25, 0.3) is 0 Å². The molecule has 1 fully saturated rings. The van der Waals surface area contributed by atoms with E-state index in [-0.39, 0.29) is 11.0 Å². The van der Waals surface area contributed by atoms with Crippen LogP contribution in [-0.2, 0) is 15.6 Å². The van der Waals surface area contributed by atoms with Gasteiger partial charge in [-0.25, -0.2) is 8.42 Å². The van der Waals surface area contributed by atoms with E-state index < -0.39 is 9.84 Å². The standard InChI is InChI=1S/C11H14BrNO2S/c12-10-3-1-9(2-4-10)8-16(14,15)11-5-6-13-7-11/h1-4,11,13H,5-8H2. The number of hydrogen-bond donors (Lipinski definition) is 1. The molecule has 0 bridgehead atoms. The van der Waals surface area contributed by atoms with Gasteiger partial charge >= 0.3 is 0 Å². The quantitative estimate of drug-likeness (QED) is 0.925. The third kappa shape index (κ3) is 2.84. The van der Waals surface area contributed by atoms with Gasteiger partial charge in [-0.2, -0.15) is 0 Å². The minimum atomic E-state index is -3.00. The molecule has 88 valence electrons. The molecule has 1 aromatic rings. The van der Waals surface area contributed by atoms with Gasteiger partial charge in [-0.15, -0.1) is 0 Å². The van der Waals surface area contributed by atoms with Gasteiger partial charge in [0.1, 0.15) is 0 Å². The zero-order valence-corrected chi connectivity index (χ0v) is 11.2. The topological polar surface area (TPSA) is 46.2 Å². The summed E-state index contributed by atoms with van der Waals surface area (Å²) in [5.74, 6) is 0.145. The van der Waals surface area contributed by atoms with E-state index in [9.17, 15) is 8.42 Å². The molecular formula is C11H14BrNO2S. The maximum Gasteiger partial charge on any atom is 0.158 e. The number of nitrogens with one attached hydrogen (secondary N) is 1. The number of benzene rings is 1. The van der Waals surface area contributed by atoms with Crippen molar-refractivity contribution in [1.29, 1.82) is 0 Å². The minimum absolute atomic E-state index is 0.145. The molecule has 5 heteroatoms. The normalized spacial score (nSPS) is 21.2. The van der Waals surface area contributed by atoms with E-state index in [0.29, 0.717) is 6.54 Å². The Bertz CT molecular complexity index is 449. The first-order valence-corrected chi connectivity index (χ1v) is 7.75. The summed E-state index contributed by atoms with van der Waals surface area (Å²) < 4.78 is 25.0. The summed E-state index contributed by atoms with van der Waals surface area (Å²) in [6.07, 6.45) is 0.735. The molecule has 1 N–H and O–H groups in total. The lowest BCUT2D eigenvalue weighted by Gasteiger charge is -2.10. The lowest BCUT2D eigenvalue weighted by Crippen LogP contribution is -2.25. The molecule has 2 rings (SSSR count). The highest BCUT2D eigenvalue weighted by Crippen LogP contribution is 2.18. The number of halogens is 1. The monoisotopic (exact) mass is 303 g/mol. The van der Waals surface area contributed by atoms with Crippen LogP contribution in [0.5, 0.6) is 0 Å². The molecule has 1 aromatic carbocycles. The lowest BCUT2D eigenvalue weighted by molar-refractivity contribution is 0.582. The predicted molar refractivity (Wildman–Crippen MR) is 68.0 cm³/mol. The Labute approximate surface area is 104 Å². The van der Waals surface area contributed by atoms with Gasteiger partial charge in [-0.3, -0.25) is 0 Å². The fraction of sp³-hybridized carbons (Fsp3) is 0.455. The van der Waals surface area contributed by atoms with Gasteiger partial charge in [0, 0.05) is 11.0 Å². The summed E-state index contributed by atoms with van der Waals surface area (Å²) in [4.78, 5) is 0. The van der Waals surface area contributed by atoms with Crippen molar-refractivity contribution in [3.05, 3.63) is 34.3 Å². The maximum absolute atomic E-state index is 12.0. The van der Waals surface area contributed by atoms with Crippen LogP contribution >= 0.6 is 15.9 Å². The molecule has 1 aliphatic heterocycles. The Hall–Kier alpha value is -0.390. The Kier molecular flexibility index (Phi) is 3.66. The van der Waals surface area contributed by atoms with E-state index in [2.05, 4.69) is 21.2 Å². The molecule has 1 unspecified atom stereocenters. The summed E-state index contributed by atoms with van der Waals surface area (Å²) in [6, 6.07) is 7.45. The average Bonchev–Trinajstić information content (AvgIpc) is 2.75. The number of sulfone groups is 1. The zero-order chi connectivity index (χ0) is 11.6. The Balaban J connectivity index is 2.11. The highest BCUT2D eigenvalue weighted by Gasteiger charge is 2.28. The van der Waals surface area contributed by atoms with Gasteiger partial charge in [0.15, 0.2) is 9.84 Å². The van der Waals surface area contributed by atoms with Crippen LogP contribution in [0, 0.1) is 0 Å². The van der Waals surface area contributed by atoms with E-state index >= 15 is 0 Å². The molecule has 1 saturated heterocycles. The largest absolute Gasteiger partial charge is 0.315 e. The Morgan fingerprint density at radius 3 is 2.56 bits per heavy atom. The van der Waals surface area contributed by atoms with Crippen molar-refractivity contribution in [3.63, 3.8) is 0 Å². The molecule has 1 heterocycles. The van der Waals surface area contributed by atoms with E-state index in [1.165, 1.54) is 0 Å². The fourth-order valence-corrected chi connectivity index (χ4v) is 3.87. The molecule has 0 amide bonds. The van der Waals surface area contributed by atoms with Crippen LogP contribution in [0.15, 0.2) is 28.7 Å². The van der Waals surface area contributed by atoms with E-state index in [1.54, 1.807) is 0 Å². The van der Waals surface area contributed by atoms with Gasteiger partial charge in [-0.1, -0.05) is 28.1 Å². The van der Waals surface area contributed by atoms with Crippen molar-refractivity contribution in [3.8, 4) is 0 Å². The van der Waals surface area contributed by atoms with Crippen LogP contribution in [0.3, 0.4) is 0 Å². The van der Waals surface area contributed by atoms with Crippen LogP contribution in [-0.4, -0.2) is 26.8 Å². The molecule has 1 aliphatic rings. The first kappa shape index (κ1) is 12.1. The second-order valence-corrected chi connectivity index (χ2v) is 7.25.